The van der Waals surface area contributed by atoms with E-state index in [4.69, 9.17) is 5.73 Å². The van der Waals surface area contributed by atoms with Gasteiger partial charge in [-0.3, -0.25) is 0 Å². The van der Waals surface area contributed by atoms with Crippen LogP contribution in [0.25, 0.3) is 0 Å². The lowest BCUT2D eigenvalue weighted by Crippen LogP contribution is -2.51. The van der Waals surface area contributed by atoms with Gasteiger partial charge in [0.25, 0.3) is 0 Å². The summed E-state index contributed by atoms with van der Waals surface area (Å²) in [6, 6.07) is 5.94. The van der Waals surface area contributed by atoms with Crippen LogP contribution in [0.1, 0.15) is 44.1 Å². The molecule has 2 saturated carbocycles. The summed E-state index contributed by atoms with van der Waals surface area (Å²) in [5.74, 6) is -0.163. The number of ether oxygens (including phenoxy) is 1. The first-order chi connectivity index (χ1) is 10.8. The Kier molecular flexibility index (Phi) is 4.31. The topological polar surface area (TPSA) is 55.5 Å². The third-order valence-electron chi connectivity index (χ3n) is 5.51. The van der Waals surface area contributed by atoms with E-state index in [-0.39, 0.29) is 23.1 Å². The molecule has 0 unspecified atom stereocenters. The predicted octanol–water partition coefficient (Wildman–Crippen LogP) is 3.50. The number of nitrogens with two attached hydrogens (primary N) is 1. The van der Waals surface area contributed by atoms with Crippen LogP contribution in [0.5, 0.6) is 5.75 Å². The number of aliphatic hydroxyl groups is 1. The van der Waals surface area contributed by atoms with Crippen molar-refractivity contribution in [2.24, 2.45) is 11.7 Å². The van der Waals surface area contributed by atoms with Crippen LogP contribution in [0.2, 0.25) is 0 Å². The van der Waals surface area contributed by atoms with Crippen molar-refractivity contribution in [3.8, 4) is 5.75 Å². The van der Waals surface area contributed by atoms with Crippen molar-refractivity contribution in [1.82, 2.24) is 0 Å². The van der Waals surface area contributed by atoms with Crippen LogP contribution in [0.15, 0.2) is 24.3 Å². The van der Waals surface area contributed by atoms with Crippen molar-refractivity contribution in [3.63, 3.8) is 0 Å². The standard InChI is InChI=1S/C17H22F3NO2/c18-17(19,20)23-12-7-5-11(6-8-12)16(9-2-10-16)15(22)13-3-1-4-14(13)21/h5-8,13-15,22H,1-4,9-10,21H2/t13-,14-,15-/m0/s1. The number of hydrogen-bond donors (Lipinski definition) is 2. The number of aliphatic hydroxyl groups excluding tert-OH is 1. The molecule has 3 rings (SSSR count). The lowest BCUT2D eigenvalue weighted by molar-refractivity contribution is -0.274. The Hall–Kier alpha value is -1.27. The molecule has 3 nitrogen and oxygen atoms in total. The Balaban J connectivity index is 1.80. The molecule has 23 heavy (non-hydrogen) atoms. The van der Waals surface area contributed by atoms with Gasteiger partial charge in [0.2, 0.25) is 0 Å². The zero-order valence-electron chi connectivity index (χ0n) is 12.9. The second kappa shape index (κ2) is 5.98. The second-order valence-corrected chi connectivity index (χ2v) is 6.79. The minimum atomic E-state index is -4.69. The fraction of sp³-hybridized carbons (Fsp3) is 0.647. The molecule has 0 amide bonds. The van der Waals surface area contributed by atoms with E-state index in [1.54, 1.807) is 12.1 Å². The Morgan fingerprint density at radius 1 is 1.13 bits per heavy atom. The van der Waals surface area contributed by atoms with Crippen LogP contribution in [0.4, 0.5) is 13.2 Å². The summed E-state index contributed by atoms with van der Waals surface area (Å²) < 4.78 is 40.7. The maximum atomic E-state index is 12.3. The van der Waals surface area contributed by atoms with Crippen molar-refractivity contribution < 1.29 is 23.0 Å². The van der Waals surface area contributed by atoms with Gasteiger partial charge in [0.15, 0.2) is 0 Å². The molecule has 0 heterocycles. The van der Waals surface area contributed by atoms with E-state index in [1.165, 1.54) is 12.1 Å². The van der Waals surface area contributed by atoms with Crippen LogP contribution in [-0.2, 0) is 5.41 Å². The molecule has 0 spiro atoms. The SMILES string of the molecule is N[C@H]1CCC[C@@H]1[C@H](O)C1(c2ccc(OC(F)(F)F)cc2)CCC1. The van der Waals surface area contributed by atoms with Gasteiger partial charge < -0.3 is 15.6 Å². The van der Waals surface area contributed by atoms with E-state index >= 15 is 0 Å². The molecule has 2 fully saturated rings. The zero-order valence-corrected chi connectivity index (χ0v) is 12.9. The van der Waals surface area contributed by atoms with Gasteiger partial charge in [0, 0.05) is 17.4 Å². The molecule has 0 aromatic heterocycles. The molecule has 2 aliphatic carbocycles. The first-order valence-corrected chi connectivity index (χ1v) is 8.12. The van der Waals surface area contributed by atoms with E-state index in [9.17, 15) is 18.3 Å². The largest absolute Gasteiger partial charge is 0.573 e. The molecule has 0 aliphatic heterocycles. The van der Waals surface area contributed by atoms with Crippen LogP contribution in [0.3, 0.4) is 0 Å². The van der Waals surface area contributed by atoms with Crippen LogP contribution in [0, 0.1) is 5.92 Å². The summed E-state index contributed by atoms with van der Waals surface area (Å²) in [6.07, 6.45) is 0.342. The lowest BCUT2D eigenvalue weighted by Gasteiger charge is -2.49. The zero-order chi connectivity index (χ0) is 16.7. The molecule has 3 N–H and O–H groups in total. The lowest BCUT2D eigenvalue weighted by atomic mass is 9.58. The Morgan fingerprint density at radius 3 is 2.22 bits per heavy atom. The van der Waals surface area contributed by atoms with Crippen molar-refractivity contribution >= 4 is 0 Å². The molecule has 0 saturated heterocycles. The minimum absolute atomic E-state index is 0.00955. The van der Waals surface area contributed by atoms with Gasteiger partial charge in [-0.15, -0.1) is 13.2 Å². The summed E-state index contributed by atoms with van der Waals surface area (Å²) in [5.41, 5.74) is 6.63. The monoisotopic (exact) mass is 329 g/mol. The Labute approximate surface area is 133 Å². The van der Waals surface area contributed by atoms with E-state index in [2.05, 4.69) is 4.74 Å². The van der Waals surface area contributed by atoms with Gasteiger partial charge in [-0.25, -0.2) is 0 Å². The molecule has 0 radical (unpaired) electrons. The van der Waals surface area contributed by atoms with Gasteiger partial charge in [0.1, 0.15) is 5.75 Å². The maximum absolute atomic E-state index is 12.3. The molecular weight excluding hydrogens is 307 g/mol. The van der Waals surface area contributed by atoms with Crippen molar-refractivity contribution in [2.45, 2.75) is 62.4 Å². The van der Waals surface area contributed by atoms with Gasteiger partial charge in [-0.1, -0.05) is 25.0 Å². The summed E-state index contributed by atoms with van der Waals surface area (Å²) in [7, 11) is 0. The Morgan fingerprint density at radius 2 is 1.78 bits per heavy atom. The van der Waals surface area contributed by atoms with Gasteiger partial charge in [-0.2, -0.15) is 0 Å². The highest BCUT2D eigenvalue weighted by Crippen LogP contribution is 2.50. The summed E-state index contributed by atoms with van der Waals surface area (Å²) >= 11 is 0. The number of alkyl halides is 3. The molecule has 0 bridgehead atoms. The summed E-state index contributed by atoms with van der Waals surface area (Å²) in [6.45, 7) is 0. The van der Waals surface area contributed by atoms with Crippen LogP contribution >= 0.6 is 0 Å². The van der Waals surface area contributed by atoms with Crippen molar-refractivity contribution in [3.05, 3.63) is 29.8 Å². The van der Waals surface area contributed by atoms with E-state index in [1.807, 2.05) is 0 Å². The van der Waals surface area contributed by atoms with Crippen LogP contribution in [-0.4, -0.2) is 23.6 Å². The normalized spacial score (nSPS) is 28.2. The first-order valence-electron chi connectivity index (χ1n) is 8.12. The number of rotatable bonds is 4. The molecule has 3 atom stereocenters. The fourth-order valence-corrected chi connectivity index (χ4v) is 4.12. The van der Waals surface area contributed by atoms with Gasteiger partial charge >= 0.3 is 6.36 Å². The number of hydrogen-bond acceptors (Lipinski definition) is 3. The molecular formula is C17H22F3NO2. The maximum Gasteiger partial charge on any atom is 0.573 e. The quantitative estimate of drug-likeness (QED) is 0.889. The second-order valence-electron chi connectivity index (χ2n) is 6.79. The molecule has 1 aromatic carbocycles. The molecule has 1 aromatic rings. The average molecular weight is 329 g/mol. The molecule has 6 heteroatoms. The van der Waals surface area contributed by atoms with Crippen LogP contribution < -0.4 is 10.5 Å². The van der Waals surface area contributed by atoms with E-state index in [0.29, 0.717) is 0 Å². The number of halogens is 3. The highest BCUT2D eigenvalue weighted by Gasteiger charge is 2.49. The minimum Gasteiger partial charge on any atom is -0.406 e. The third kappa shape index (κ3) is 3.19. The fourth-order valence-electron chi connectivity index (χ4n) is 4.12. The Bertz CT molecular complexity index is 540. The van der Waals surface area contributed by atoms with E-state index in [0.717, 1.165) is 44.1 Å². The van der Waals surface area contributed by atoms with Crippen molar-refractivity contribution in [1.29, 1.82) is 0 Å². The smallest absolute Gasteiger partial charge is 0.406 e. The molecule has 2 aliphatic rings. The van der Waals surface area contributed by atoms with Crippen molar-refractivity contribution in [2.75, 3.05) is 0 Å². The highest BCUT2D eigenvalue weighted by atomic mass is 19.4. The summed E-state index contributed by atoms with van der Waals surface area (Å²) in [4.78, 5) is 0. The highest BCUT2D eigenvalue weighted by molar-refractivity contribution is 5.35. The number of benzene rings is 1. The average Bonchev–Trinajstić information content (AvgIpc) is 2.84. The van der Waals surface area contributed by atoms with Gasteiger partial charge in [0.05, 0.1) is 6.10 Å². The van der Waals surface area contributed by atoms with E-state index < -0.39 is 12.5 Å². The predicted molar refractivity (Wildman–Crippen MR) is 80.0 cm³/mol. The summed E-state index contributed by atoms with van der Waals surface area (Å²) in [5, 5.41) is 10.9. The first kappa shape index (κ1) is 16.6. The van der Waals surface area contributed by atoms with Gasteiger partial charge in [-0.05, 0) is 43.4 Å². The molecule has 128 valence electrons. The third-order valence-corrected chi connectivity index (χ3v) is 5.51.